The number of pyridine rings is 1. The van der Waals surface area contributed by atoms with E-state index in [-0.39, 0.29) is 37.3 Å². The second kappa shape index (κ2) is 16.8. The molecular weight excluding hydrogens is 1030 g/mol. The third-order valence-corrected chi connectivity index (χ3v) is 13.3. The van der Waals surface area contributed by atoms with Crippen molar-refractivity contribution >= 4 is 66.4 Å². The van der Waals surface area contributed by atoms with E-state index < -0.39 is 0 Å². The van der Waals surface area contributed by atoms with Crippen LogP contribution in [0.4, 0.5) is 22.7 Å². The number of aromatic nitrogens is 3. The molecule has 0 spiro atoms. The number of anilines is 4. The van der Waals surface area contributed by atoms with E-state index in [4.69, 9.17) is 9.72 Å². The summed E-state index contributed by atoms with van der Waals surface area (Å²) in [5.74, 6) is 1.93. The second-order valence-electron chi connectivity index (χ2n) is 21.1. The number of para-hydroxylation sites is 3. The Morgan fingerprint density at radius 3 is 1.90 bits per heavy atom. The zero-order valence-electron chi connectivity index (χ0n) is 40.4. The molecule has 7 nitrogen and oxygen atoms in total. The topological polar surface area (TPSA) is 62.2 Å². The molecule has 0 fully saturated rings. The van der Waals surface area contributed by atoms with E-state index >= 15 is 0 Å². The average Bonchev–Trinajstić information content (AvgIpc) is 3.98. The molecule has 7 aromatic carbocycles. The molecule has 0 atom stereocenters. The van der Waals surface area contributed by atoms with Crippen molar-refractivity contribution < 1.29 is 25.8 Å². The first-order valence-corrected chi connectivity index (χ1v) is 23.3. The molecule has 69 heavy (non-hydrogen) atoms. The van der Waals surface area contributed by atoms with Crippen molar-refractivity contribution in [2.24, 2.45) is 0 Å². The fraction of sp³-hybridized carbons (Fsp3) is 0.197. The van der Waals surface area contributed by atoms with Crippen LogP contribution < -0.4 is 14.5 Å². The molecule has 3 aromatic heterocycles. The molecule has 1 aliphatic rings. The van der Waals surface area contributed by atoms with Gasteiger partial charge in [0.2, 0.25) is 0 Å². The Bertz CT molecular complexity index is 3650. The fourth-order valence-electron chi connectivity index (χ4n) is 9.63. The molecule has 0 bridgehead atoms. The van der Waals surface area contributed by atoms with Gasteiger partial charge in [-0.2, -0.15) is 17.4 Å². The summed E-state index contributed by atoms with van der Waals surface area (Å²) in [7, 11) is 0. The predicted octanol–water partition coefficient (Wildman–Crippen LogP) is 15.8. The van der Waals surface area contributed by atoms with Crippen LogP contribution in [0.15, 0.2) is 152 Å². The van der Waals surface area contributed by atoms with Crippen LogP contribution in [0.1, 0.15) is 84.6 Å². The third-order valence-electron chi connectivity index (χ3n) is 13.3. The number of fused-ring (bicyclic) bond motifs is 7. The molecule has 4 heterocycles. The van der Waals surface area contributed by atoms with Crippen molar-refractivity contribution in [2.75, 3.05) is 9.80 Å². The molecule has 10 aromatic rings. The van der Waals surface area contributed by atoms with Crippen LogP contribution in [0.25, 0.3) is 55.1 Å². The van der Waals surface area contributed by atoms with Crippen LogP contribution in [0.2, 0.25) is 0 Å². The molecule has 0 N–H and O–H groups in total. The maximum atomic E-state index is 9.87. The van der Waals surface area contributed by atoms with Crippen LogP contribution in [0, 0.1) is 30.1 Å². The predicted molar refractivity (Wildman–Crippen MR) is 279 cm³/mol. The van der Waals surface area contributed by atoms with Crippen LogP contribution >= 0.6 is 0 Å². The summed E-state index contributed by atoms with van der Waals surface area (Å²) in [5, 5.41) is 14.1. The number of nitrogens with zero attached hydrogens (tertiary/aromatic N) is 6. The fourth-order valence-corrected chi connectivity index (χ4v) is 9.63. The van der Waals surface area contributed by atoms with E-state index in [1.165, 1.54) is 16.7 Å². The van der Waals surface area contributed by atoms with Crippen molar-refractivity contribution in [3.63, 3.8) is 0 Å². The van der Waals surface area contributed by atoms with Gasteiger partial charge in [0.05, 0.1) is 22.7 Å². The van der Waals surface area contributed by atoms with E-state index in [2.05, 4.69) is 221 Å². The van der Waals surface area contributed by atoms with Gasteiger partial charge in [0.15, 0.2) is 0 Å². The second-order valence-corrected chi connectivity index (χ2v) is 21.1. The first kappa shape index (κ1) is 45.6. The minimum atomic E-state index is -0.0954. The van der Waals surface area contributed by atoms with E-state index in [0.29, 0.717) is 17.1 Å². The molecule has 346 valence electrons. The molecule has 0 amide bonds. The number of ether oxygens (including phenoxy) is 1. The number of hydrogen-bond acceptors (Lipinski definition) is 5. The molecule has 8 heteroatoms. The Hall–Kier alpha value is -7.13. The summed E-state index contributed by atoms with van der Waals surface area (Å²) in [5.41, 5.74) is 13.4. The summed E-state index contributed by atoms with van der Waals surface area (Å²) in [6, 6.07) is 60.5. The van der Waals surface area contributed by atoms with Gasteiger partial charge in [-0.3, -0.25) is 0 Å². The van der Waals surface area contributed by atoms with Crippen molar-refractivity contribution in [3.05, 3.63) is 193 Å². The summed E-state index contributed by atoms with van der Waals surface area (Å²) < 4.78 is 11.3. The number of nitriles is 1. The Labute approximate surface area is 419 Å². The Morgan fingerprint density at radius 2 is 1.17 bits per heavy atom. The largest absolute Gasteiger partial charge is 0.509 e. The minimum absolute atomic E-state index is 0. The first-order valence-electron chi connectivity index (χ1n) is 23.3. The zero-order chi connectivity index (χ0) is 47.3. The molecule has 0 unspecified atom stereocenters. The Morgan fingerprint density at radius 1 is 0.536 bits per heavy atom. The maximum Gasteiger partial charge on any atom is 0.135 e. The molecular formula is C61H53N6OPt-3. The summed E-state index contributed by atoms with van der Waals surface area (Å²) in [6.45, 7) is 22.5. The number of hydrogen-bond donors (Lipinski definition) is 0. The van der Waals surface area contributed by atoms with Gasteiger partial charge in [-0.05, 0) is 111 Å². The van der Waals surface area contributed by atoms with Crippen molar-refractivity contribution in [3.8, 4) is 29.1 Å². The maximum absolute atomic E-state index is 9.87. The van der Waals surface area contributed by atoms with E-state index in [0.717, 1.165) is 77.9 Å². The standard InChI is InChI=1S/C61H53N6O.Pt/c1-59(2,3)40-28-29-63-57(34-40)67-55-23-15-22-54(66-50-19-11-10-18-47(50)49-30-39(37-62)24-27-51(49)66)58(55)48-26-25-46(36-56(48)67)68-45-17-14-16-43(35-45)64-38-65(53-21-13-12-20-52(53)64)44-32-41(60(4,5)6)31-42(33-44)61(7,8)9;/h10-34,38H,1-9H3;/q-3;. The van der Waals surface area contributed by atoms with Crippen LogP contribution in [0.5, 0.6) is 11.5 Å². The van der Waals surface area contributed by atoms with Gasteiger partial charge >= 0.3 is 0 Å². The minimum Gasteiger partial charge on any atom is -0.509 e. The van der Waals surface area contributed by atoms with Gasteiger partial charge in [0.1, 0.15) is 5.82 Å². The molecule has 0 saturated heterocycles. The molecule has 0 saturated carbocycles. The number of benzene rings is 7. The van der Waals surface area contributed by atoms with E-state index in [1.807, 2.05) is 36.5 Å². The van der Waals surface area contributed by atoms with Gasteiger partial charge in [-0.15, -0.1) is 42.7 Å². The van der Waals surface area contributed by atoms with Crippen molar-refractivity contribution in [1.29, 1.82) is 5.26 Å². The smallest absolute Gasteiger partial charge is 0.135 e. The normalized spacial score (nSPS) is 13.0. The van der Waals surface area contributed by atoms with E-state index in [9.17, 15) is 5.26 Å². The van der Waals surface area contributed by atoms with Crippen LogP contribution in [0.3, 0.4) is 0 Å². The van der Waals surface area contributed by atoms with Crippen LogP contribution in [-0.2, 0) is 37.3 Å². The van der Waals surface area contributed by atoms with Gasteiger partial charge < -0.3 is 23.7 Å². The average molecular weight is 1080 g/mol. The summed E-state index contributed by atoms with van der Waals surface area (Å²) >= 11 is 0. The SMILES string of the molecule is CC(C)(C)c1cc(N2[CH-]N(c3[c-]c(Oc4[c-]c5c(cc4)c4c(-n6c7ccccc7c7cc(C#N)ccc76)cccc4n5-c4cc(C(C)(C)C)ccn4)ccc3)c3ccccc32)cc(C(C)(C)C)c1.[Pt]. The quantitative estimate of drug-likeness (QED) is 0.155. The van der Waals surface area contributed by atoms with Gasteiger partial charge in [-0.1, -0.05) is 116 Å². The molecule has 0 radical (unpaired) electrons. The van der Waals surface area contributed by atoms with E-state index in [1.54, 1.807) is 0 Å². The van der Waals surface area contributed by atoms with Crippen molar-refractivity contribution in [2.45, 2.75) is 78.6 Å². The third kappa shape index (κ3) is 7.95. The van der Waals surface area contributed by atoms with Crippen molar-refractivity contribution in [1.82, 2.24) is 14.1 Å². The van der Waals surface area contributed by atoms with Gasteiger partial charge in [0.25, 0.3) is 0 Å². The summed E-state index contributed by atoms with van der Waals surface area (Å²) in [6.07, 6.45) is 1.90. The monoisotopic (exact) mass is 1080 g/mol. The molecule has 0 aliphatic carbocycles. The molecule has 1 aliphatic heterocycles. The first-order chi connectivity index (χ1) is 32.5. The summed E-state index contributed by atoms with van der Waals surface area (Å²) in [4.78, 5) is 9.49. The zero-order valence-corrected chi connectivity index (χ0v) is 42.7. The van der Waals surface area contributed by atoms with Crippen LogP contribution in [-0.4, -0.2) is 14.1 Å². The Kier molecular flexibility index (Phi) is 11.1. The van der Waals surface area contributed by atoms with Gasteiger partial charge in [-0.25, -0.2) is 4.98 Å². The molecule has 11 rings (SSSR count). The number of rotatable bonds is 6. The Balaban J connectivity index is 0.00000553. The van der Waals surface area contributed by atoms with Gasteiger partial charge in [0, 0.05) is 77.8 Å².